The largest absolute Gasteiger partial charge is 0.374 e. The van der Waals surface area contributed by atoms with Crippen molar-refractivity contribution < 1.29 is 9.53 Å². The molecule has 0 aromatic carbocycles. The van der Waals surface area contributed by atoms with E-state index in [9.17, 15) is 4.79 Å². The van der Waals surface area contributed by atoms with Crippen LogP contribution in [0.5, 0.6) is 0 Å². The Labute approximate surface area is 93.6 Å². The molecule has 1 N–H and O–H groups in total. The van der Waals surface area contributed by atoms with Gasteiger partial charge < -0.3 is 14.8 Å². The van der Waals surface area contributed by atoms with Crippen LogP contribution in [-0.4, -0.2) is 30.6 Å². The van der Waals surface area contributed by atoms with Gasteiger partial charge in [0.15, 0.2) is 0 Å². The van der Waals surface area contributed by atoms with Crippen molar-refractivity contribution in [3.63, 3.8) is 0 Å². The fraction of sp³-hybridized carbons (Fsp3) is 0.917. The molecule has 0 saturated heterocycles. The molecular weight excluding hydrogens is 190 g/mol. The maximum atomic E-state index is 10.9. The summed E-state index contributed by atoms with van der Waals surface area (Å²) in [5.41, 5.74) is -0.243. The molecule has 3 heteroatoms. The lowest BCUT2D eigenvalue weighted by Crippen LogP contribution is -2.43. The average Bonchev–Trinajstić information content (AvgIpc) is 2.13. The summed E-state index contributed by atoms with van der Waals surface area (Å²) in [5.74, 6) is 0.222. The number of carbonyl (C=O) groups is 1. The summed E-state index contributed by atoms with van der Waals surface area (Å²) in [7, 11) is 1.92. The number of hydrogen-bond acceptors (Lipinski definition) is 3. The molecule has 0 fully saturated rings. The molecule has 0 heterocycles. The average molecular weight is 215 g/mol. The number of nitrogens with one attached hydrogen (secondary N) is 1. The minimum atomic E-state index is -0.222. The van der Waals surface area contributed by atoms with E-state index < -0.39 is 0 Å². The molecule has 0 amide bonds. The topological polar surface area (TPSA) is 38.3 Å². The first-order valence-corrected chi connectivity index (χ1v) is 5.51. The van der Waals surface area contributed by atoms with Gasteiger partial charge in [0.2, 0.25) is 0 Å². The van der Waals surface area contributed by atoms with Crippen LogP contribution in [-0.2, 0) is 9.53 Å². The lowest BCUT2D eigenvalue weighted by Gasteiger charge is -2.31. The maximum Gasteiger partial charge on any atom is 0.129 e. The summed E-state index contributed by atoms with van der Waals surface area (Å²) in [6.45, 7) is 10.5. The number of ketones is 1. The predicted octanol–water partition coefficient (Wildman–Crippen LogP) is 2.15. The van der Waals surface area contributed by atoms with Gasteiger partial charge >= 0.3 is 0 Å². The SMILES string of the molecule is CNC(C)(C)COC(C)(C)CCC(C)=O. The summed E-state index contributed by atoms with van der Waals surface area (Å²) in [4.78, 5) is 10.9. The van der Waals surface area contributed by atoms with Gasteiger partial charge in [-0.25, -0.2) is 0 Å². The second-order valence-corrected chi connectivity index (χ2v) is 5.38. The minimum absolute atomic E-state index is 0.0203. The van der Waals surface area contributed by atoms with Crippen LogP contribution in [0.15, 0.2) is 0 Å². The van der Waals surface area contributed by atoms with Crippen LogP contribution in [0.25, 0.3) is 0 Å². The molecule has 90 valence electrons. The van der Waals surface area contributed by atoms with Gasteiger partial charge in [0.25, 0.3) is 0 Å². The van der Waals surface area contributed by atoms with E-state index in [1.807, 2.05) is 20.9 Å². The van der Waals surface area contributed by atoms with Crippen LogP contribution in [0.4, 0.5) is 0 Å². The molecule has 0 rings (SSSR count). The Bertz CT molecular complexity index is 210. The van der Waals surface area contributed by atoms with E-state index in [0.29, 0.717) is 13.0 Å². The lowest BCUT2D eigenvalue weighted by molar-refractivity contribution is -0.119. The molecule has 0 aliphatic carbocycles. The van der Waals surface area contributed by atoms with Crippen molar-refractivity contribution in [2.75, 3.05) is 13.7 Å². The van der Waals surface area contributed by atoms with Crippen LogP contribution >= 0.6 is 0 Å². The smallest absolute Gasteiger partial charge is 0.129 e. The van der Waals surface area contributed by atoms with Crippen molar-refractivity contribution in [3.05, 3.63) is 0 Å². The Kier molecular flexibility index (Phi) is 5.46. The zero-order valence-electron chi connectivity index (χ0n) is 10.9. The number of carbonyl (C=O) groups excluding carboxylic acids is 1. The molecule has 0 aliphatic rings. The van der Waals surface area contributed by atoms with E-state index in [1.165, 1.54) is 0 Å². The van der Waals surface area contributed by atoms with E-state index in [-0.39, 0.29) is 16.9 Å². The first-order chi connectivity index (χ1) is 6.68. The van der Waals surface area contributed by atoms with E-state index in [1.54, 1.807) is 6.92 Å². The Balaban J connectivity index is 3.98. The number of hydrogen-bond donors (Lipinski definition) is 1. The molecule has 15 heavy (non-hydrogen) atoms. The summed E-state index contributed by atoms with van der Waals surface area (Å²) >= 11 is 0. The fourth-order valence-electron chi connectivity index (χ4n) is 0.997. The first kappa shape index (κ1) is 14.6. The van der Waals surface area contributed by atoms with Gasteiger partial charge in [-0.1, -0.05) is 0 Å². The monoisotopic (exact) mass is 215 g/mol. The van der Waals surface area contributed by atoms with Gasteiger partial charge in [0.05, 0.1) is 12.2 Å². The highest BCUT2D eigenvalue weighted by Crippen LogP contribution is 2.19. The standard InChI is InChI=1S/C12H25NO2/c1-10(14)7-8-12(4,5)15-9-11(2,3)13-6/h13H,7-9H2,1-6H3. The van der Waals surface area contributed by atoms with E-state index >= 15 is 0 Å². The number of rotatable bonds is 7. The normalized spacial score (nSPS) is 12.9. The fourth-order valence-corrected chi connectivity index (χ4v) is 0.997. The van der Waals surface area contributed by atoms with Gasteiger partial charge in [-0.05, 0) is 48.1 Å². The third-order valence-corrected chi connectivity index (χ3v) is 2.58. The molecule has 0 atom stereocenters. The third-order valence-electron chi connectivity index (χ3n) is 2.58. The molecule has 0 aromatic rings. The van der Waals surface area contributed by atoms with Crippen molar-refractivity contribution >= 4 is 5.78 Å². The summed E-state index contributed by atoms with van der Waals surface area (Å²) in [6.07, 6.45) is 1.37. The Morgan fingerprint density at radius 1 is 1.27 bits per heavy atom. The van der Waals surface area contributed by atoms with E-state index in [2.05, 4.69) is 19.2 Å². The Hall–Kier alpha value is -0.410. The highest BCUT2D eigenvalue weighted by Gasteiger charge is 2.23. The van der Waals surface area contributed by atoms with Gasteiger partial charge in [-0.2, -0.15) is 0 Å². The first-order valence-electron chi connectivity index (χ1n) is 5.51. The second-order valence-electron chi connectivity index (χ2n) is 5.38. The van der Waals surface area contributed by atoms with E-state index in [0.717, 1.165) is 6.42 Å². The zero-order valence-corrected chi connectivity index (χ0v) is 10.9. The maximum absolute atomic E-state index is 10.9. The Morgan fingerprint density at radius 3 is 2.20 bits per heavy atom. The van der Waals surface area contributed by atoms with Crippen LogP contribution in [0.1, 0.15) is 47.5 Å². The predicted molar refractivity (Wildman–Crippen MR) is 63.1 cm³/mol. The number of ether oxygens (including phenoxy) is 1. The quantitative estimate of drug-likeness (QED) is 0.707. The van der Waals surface area contributed by atoms with Crippen molar-refractivity contribution in [2.24, 2.45) is 0 Å². The second kappa shape index (κ2) is 5.61. The van der Waals surface area contributed by atoms with Crippen molar-refractivity contribution in [2.45, 2.75) is 58.6 Å². The lowest BCUT2D eigenvalue weighted by atomic mass is 10.00. The third kappa shape index (κ3) is 7.51. The molecule has 0 unspecified atom stereocenters. The summed E-state index contributed by atoms with van der Waals surface area (Å²) in [6, 6.07) is 0. The highest BCUT2D eigenvalue weighted by molar-refractivity contribution is 5.75. The van der Waals surface area contributed by atoms with Gasteiger partial charge in [-0.3, -0.25) is 0 Å². The van der Waals surface area contributed by atoms with Gasteiger partial charge in [0.1, 0.15) is 5.78 Å². The van der Waals surface area contributed by atoms with Crippen LogP contribution in [0, 0.1) is 0 Å². The molecule has 0 bridgehead atoms. The molecule has 0 aromatic heterocycles. The van der Waals surface area contributed by atoms with Crippen molar-refractivity contribution in [1.29, 1.82) is 0 Å². The molecule has 0 radical (unpaired) electrons. The van der Waals surface area contributed by atoms with Gasteiger partial charge in [-0.15, -0.1) is 0 Å². The van der Waals surface area contributed by atoms with Crippen LogP contribution < -0.4 is 5.32 Å². The molecule has 0 spiro atoms. The zero-order chi connectivity index (χ0) is 12.1. The molecule has 3 nitrogen and oxygen atoms in total. The van der Waals surface area contributed by atoms with Crippen LogP contribution in [0.3, 0.4) is 0 Å². The number of Topliss-reactive ketones (excluding diaryl/α,β-unsaturated/α-hetero) is 1. The summed E-state index contributed by atoms with van der Waals surface area (Å²) in [5, 5.41) is 3.19. The van der Waals surface area contributed by atoms with Crippen LogP contribution in [0.2, 0.25) is 0 Å². The number of likely N-dealkylation sites (N-methyl/N-ethyl adjacent to an activating group) is 1. The summed E-state index contributed by atoms with van der Waals surface area (Å²) < 4.78 is 5.82. The van der Waals surface area contributed by atoms with Gasteiger partial charge in [0, 0.05) is 12.0 Å². The van der Waals surface area contributed by atoms with Crippen molar-refractivity contribution in [3.8, 4) is 0 Å². The van der Waals surface area contributed by atoms with E-state index in [4.69, 9.17) is 4.74 Å². The molecule has 0 saturated carbocycles. The van der Waals surface area contributed by atoms with Crippen molar-refractivity contribution in [1.82, 2.24) is 5.32 Å². The molecule has 0 aliphatic heterocycles. The Morgan fingerprint density at radius 2 is 1.80 bits per heavy atom. The minimum Gasteiger partial charge on any atom is -0.374 e. The highest BCUT2D eigenvalue weighted by atomic mass is 16.5. The molecular formula is C12H25NO2.